The molecule has 0 saturated carbocycles. The number of aromatic nitrogens is 3. The van der Waals surface area contributed by atoms with E-state index in [1.165, 1.54) is 18.0 Å². The third kappa shape index (κ3) is 3.70. The average Bonchev–Trinajstić information content (AvgIpc) is 2.96. The molecule has 1 aromatic heterocycles. The van der Waals surface area contributed by atoms with Crippen molar-refractivity contribution in [2.45, 2.75) is 6.54 Å². The number of aromatic carboxylic acids is 1. The lowest BCUT2D eigenvalue weighted by Crippen LogP contribution is -2.09. The molecule has 0 spiro atoms. The highest BCUT2D eigenvalue weighted by Gasteiger charge is 2.08. The number of carboxylic acid groups (broad SMARTS) is 1. The molecule has 0 fully saturated rings. The first-order valence-corrected chi connectivity index (χ1v) is 5.98. The van der Waals surface area contributed by atoms with Gasteiger partial charge in [-0.25, -0.2) is 9.48 Å². The van der Waals surface area contributed by atoms with E-state index in [1.807, 2.05) is 6.07 Å². The minimum absolute atomic E-state index is 0.122. The van der Waals surface area contributed by atoms with E-state index in [2.05, 4.69) is 10.3 Å². The largest absolute Gasteiger partial charge is 0.497 e. The van der Waals surface area contributed by atoms with Crippen LogP contribution in [0.3, 0.4) is 0 Å². The van der Waals surface area contributed by atoms with Gasteiger partial charge in [0.25, 0.3) is 0 Å². The van der Waals surface area contributed by atoms with Gasteiger partial charge in [-0.2, -0.15) is 5.26 Å². The first-order valence-electron chi connectivity index (χ1n) is 5.98. The summed E-state index contributed by atoms with van der Waals surface area (Å²) in [4.78, 5) is 10.7. The summed E-state index contributed by atoms with van der Waals surface area (Å²) < 4.78 is 11.9. The van der Waals surface area contributed by atoms with Crippen LogP contribution in [-0.2, 0) is 6.54 Å². The van der Waals surface area contributed by atoms with Crippen molar-refractivity contribution in [2.24, 2.45) is 0 Å². The monoisotopic (exact) mass is 288 g/mol. The molecule has 1 N–H and O–H groups in total. The summed E-state index contributed by atoms with van der Waals surface area (Å²) in [5, 5.41) is 24.8. The Labute approximate surface area is 120 Å². The molecule has 0 unspecified atom stereocenters. The van der Waals surface area contributed by atoms with Crippen molar-refractivity contribution >= 4 is 5.97 Å². The number of benzene rings is 1. The molecule has 8 heteroatoms. The molecule has 2 aromatic rings. The van der Waals surface area contributed by atoms with Gasteiger partial charge in [-0.3, -0.25) is 0 Å². The van der Waals surface area contributed by atoms with E-state index in [-0.39, 0.29) is 12.3 Å². The number of methoxy groups -OCH3 is 1. The highest BCUT2D eigenvalue weighted by Crippen LogP contribution is 2.22. The minimum atomic E-state index is -1.13. The Hall–Kier alpha value is -3.08. The lowest BCUT2D eigenvalue weighted by Gasteiger charge is -2.08. The van der Waals surface area contributed by atoms with E-state index in [1.54, 1.807) is 18.2 Å². The van der Waals surface area contributed by atoms with E-state index in [0.29, 0.717) is 23.6 Å². The average molecular weight is 288 g/mol. The third-order valence-corrected chi connectivity index (χ3v) is 2.59. The fraction of sp³-hybridized carbons (Fsp3) is 0.231. The molecule has 21 heavy (non-hydrogen) atoms. The number of hydrogen-bond acceptors (Lipinski definition) is 6. The summed E-state index contributed by atoms with van der Waals surface area (Å²) in [6.45, 7) is 0.583. The second-order valence-corrected chi connectivity index (χ2v) is 4.03. The maximum Gasteiger partial charge on any atom is 0.358 e. The van der Waals surface area contributed by atoms with Crippen LogP contribution in [0.1, 0.15) is 16.1 Å². The van der Waals surface area contributed by atoms with Crippen LogP contribution in [0, 0.1) is 11.3 Å². The van der Waals surface area contributed by atoms with Gasteiger partial charge in [0.05, 0.1) is 31.5 Å². The van der Waals surface area contributed by atoms with Crippen LogP contribution in [-0.4, -0.2) is 39.8 Å². The first kappa shape index (κ1) is 14.3. The van der Waals surface area contributed by atoms with Crippen LogP contribution in [0.5, 0.6) is 11.5 Å². The van der Waals surface area contributed by atoms with Crippen LogP contribution in [0.2, 0.25) is 0 Å². The Morgan fingerprint density at radius 3 is 2.81 bits per heavy atom. The van der Waals surface area contributed by atoms with Crippen molar-refractivity contribution in [3.05, 3.63) is 35.7 Å². The zero-order valence-corrected chi connectivity index (χ0v) is 11.2. The fourth-order valence-corrected chi connectivity index (χ4v) is 1.60. The number of carbonyl (C=O) groups is 1. The molecule has 0 aliphatic carbocycles. The van der Waals surface area contributed by atoms with Gasteiger partial charge in [-0.15, -0.1) is 5.10 Å². The van der Waals surface area contributed by atoms with Crippen LogP contribution in [0.4, 0.5) is 0 Å². The molecule has 0 aliphatic rings. The van der Waals surface area contributed by atoms with Crippen molar-refractivity contribution in [1.82, 2.24) is 15.0 Å². The maximum absolute atomic E-state index is 10.7. The van der Waals surface area contributed by atoms with Gasteiger partial charge in [-0.05, 0) is 12.1 Å². The second kappa shape index (κ2) is 6.38. The van der Waals surface area contributed by atoms with Gasteiger partial charge in [0.2, 0.25) is 0 Å². The highest BCUT2D eigenvalue weighted by atomic mass is 16.5. The van der Waals surface area contributed by atoms with E-state index in [4.69, 9.17) is 19.8 Å². The van der Waals surface area contributed by atoms with Crippen LogP contribution in [0.15, 0.2) is 24.4 Å². The summed E-state index contributed by atoms with van der Waals surface area (Å²) in [5.74, 6) is -0.115. The van der Waals surface area contributed by atoms with Crippen LogP contribution >= 0.6 is 0 Å². The lowest BCUT2D eigenvalue weighted by atomic mass is 10.2. The molecule has 0 atom stereocenters. The Kier molecular flexibility index (Phi) is 4.36. The molecular formula is C13H12N4O4. The second-order valence-electron chi connectivity index (χ2n) is 4.03. The molecule has 1 aromatic carbocycles. The molecule has 2 rings (SSSR count). The Balaban J connectivity index is 1.96. The van der Waals surface area contributed by atoms with Crippen molar-refractivity contribution < 1.29 is 19.4 Å². The Morgan fingerprint density at radius 2 is 2.19 bits per heavy atom. The standard InChI is InChI=1S/C13H12N4O4/c1-20-10-4-9(7-14)5-11(6-10)21-3-2-17-8-12(13(18)19)15-16-17/h4-6,8H,2-3H2,1H3,(H,18,19). The van der Waals surface area contributed by atoms with Crippen molar-refractivity contribution in [3.8, 4) is 17.6 Å². The molecule has 8 nitrogen and oxygen atoms in total. The maximum atomic E-state index is 10.7. The SMILES string of the molecule is COc1cc(C#N)cc(OCCn2cc(C(=O)O)nn2)c1. The highest BCUT2D eigenvalue weighted by molar-refractivity contribution is 5.84. The van der Waals surface area contributed by atoms with Gasteiger partial charge >= 0.3 is 5.97 Å². The van der Waals surface area contributed by atoms with E-state index in [0.717, 1.165) is 0 Å². The lowest BCUT2D eigenvalue weighted by molar-refractivity contribution is 0.0690. The van der Waals surface area contributed by atoms with Crippen molar-refractivity contribution in [2.75, 3.05) is 13.7 Å². The summed E-state index contributed by atoms with van der Waals surface area (Å²) >= 11 is 0. The van der Waals surface area contributed by atoms with Crippen molar-refractivity contribution in [1.29, 1.82) is 5.26 Å². The van der Waals surface area contributed by atoms with Gasteiger partial charge in [0, 0.05) is 6.07 Å². The first-order chi connectivity index (χ1) is 10.1. The van der Waals surface area contributed by atoms with E-state index < -0.39 is 5.97 Å². The minimum Gasteiger partial charge on any atom is -0.497 e. The Bertz CT molecular complexity index is 690. The number of nitrogens with zero attached hydrogens (tertiary/aromatic N) is 4. The quantitative estimate of drug-likeness (QED) is 0.841. The molecule has 0 amide bonds. The molecule has 0 bridgehead atoms. The predicted molar refractivity (Wildman–Crippen MR) is 70.2 cm³/mol. The molecule has 1 heterocycles. The number of rotatable bonds is 6. The molecule has 0 radical (unpaired) electrons. The normalized spacial score (nSPS) is 9.90. The molecule has 0 aliphatic heterocycles. The van der Waals surface area contributed by atoms with E-state index in [9.17, 15) is 4.79 Å². The number of carboxylic acids is 1. The summed E-state index contributed by atoms with van der Waals surface area (Å²) in [7, 11) is 1.50. The van der Waals surface area contributed by atoms with Crippen LogP contribution < -0.4 is 9.47 Å². The smallest absolute Gasteiger partial charge is 0.358 e. The van der Waals surface area contributed by atoms with Gasteiger partial charge < -0.3 is 14.6 Å². The van der Waals surface area contributed by atoms with Gasteiger partial charge in [0.1, 0.15) is 18.1 Å². The number of hydrogen-bond donors (Lipinski definition) is 1. The summed E-state index contributed by atoms with van der Waals surface area (Å²) in [6, 6.07) is 6.86. The fourth-order valence-electron chi connectivity index (χ4n) is 1.60. The number of nitriles is 1. The number of ether oxygens (including phenoxy) is 2. The Morgan fingerprint density at radius 1 is 1.43 bits per heavy atom. The van der Waals surface area contributed by atoms with Crippen molar-refractivity contribution in [3.63, 3.8) is 0 Å². The zero-order chi connectivity index (χ0) is 15.2. The van der Waals surface area contributed by atoms with E-state index >= 15 is 0 Å². The summed E-state index contributed by atoms with van der Waals surface area (Å²) in [5.41, 5.74) is 0.307. The van der Waals surface area contributed by atoms with Gasteiger partial charge in [-0.1, -0.05) is 5.21 Å². The van der Waals surface area contributed by atoms with Gasteiger partial charge in [0.15, 0.2) is 5.69 Å². The summed E-state index contributed by atoms with van der Waals surface area (Å²) in [6.07, 6.45) is 1.32. The topological polar surface area (TPSA) is 110 Å². The zero-order valence-electron chi connectivity index (χ0n) is 11.2. The molecule has 0 saturated heterocycles. The third-order valence-electron chi connectivity index (χ3n) is 2.59. The molecule has 108 valence electrons. The molecular weight excluding hydrogens is 276 g/mol. The van der Waals surface area contributed by atoms with Crippen LogP contribution in [0.25, 0.3) is 0 Å². The predicted octanol–water partition coefficient (Wildman–Crippen LogP) is 0.936.